The fourth-order valence-electron chi connectivity index (χ4n) is 3.87. The van der Waals surface area contributed by atoms with Crippen LogP contribution in [0.25, 0.3) is 5.69 Å². The van der Waals surface area contributed by atoms with Gasteiger partial charge in [0, 0.05) is 31.2 Å². The number of hydrogen-bond donors (Lipinski definition) is 1. The van der Waals surface area contributed by atoms with Crippen LogP contribution in [0.1, 0.15) is 36.1 Å². The highest BCUT2D eigenvalue weighted by Gasteiger charge is 2.21. The van der Waals surface area contributed by atoms with E-state index in [4.69, 9.17) is 9.47 Å². The molecule has 0 saturated carbocycles. The van der Waals surface area contributed by atoms with Crippen LogP contribution in [0.4, 0.5) is 4.39 Å². The summed E-state index contributed by atoms with van der Waals surface area (Å²) in [7, 11) is 0. The van der Waals surface area contributed by atoms with E-state index in [9.17, 15) is 9.18 Å². The number of ether oxygens (including phenoxy) is 2. The highest BCUT2D eigenvalue weighted by atomic mass is 19.1. The Morgan fingerprint density at radius 2 is 2.09 bits per heavy atom. The lowest BCUT2D eigenvalue weighted by molar-refractivity contribution is -0.121. The molecule has 1 aromatic heterocycles. The molecule has 4 rings (SSSR count). The molecule has 1 aliphatic heterocycles. The lowest BCUT2D eigenvalue weighted by Gasteiger charge is -2.13. The zero-order chi connectivity index (χ0) is 22.5. The Labute approximate surface area is 187 Å². The molecule has 0 radical (unpaired) electrons. The van der Waals surface area contributed by atoms with Crippen molar-refractivity contribution < 1.29 is 18.7 Å². The third-order valence-corrected chi connectivity index (χ3v) is 5.55. The minimum Gasteiger partial charge on any atom is -0.439 e. The lowest BCUT2D eigenvalue weighted by Crippen LogP contribution is -2.31. The average molecular weight is 438 g/mol. The van der Waals surface area contributed by atoms with Crippen LogP contribution >= 0.6 is 0 Å². The number of nitrogens with zero attached hydrogens (tertiary/aromatic N) is 2. The fraction of sp³-hybridized carbons (Fsp3) is 0.360. The number of nitrogens with one attached hydrogen (secondary N) is 1. The molecule has 6 nitrogen and oxygen atoms in total. The molecule has 1 N–H and O–H groups in total. The van der Waals surface area contributed by atoms with Gasteiger partial charge in [0.25, 0.3) is 0 Å². The van der Waals surface area contributed by atoms with Crippen molar-refractivity contribution in [2.75, 3.05) is 13.2 Å². The number of hydrogen-bond acceptors (Lipinski definition) is 4. The fourth-order valence-corrected chi connectivity index (χ4v) is 3.87. The lowest BCUT2D eigenvalue weighted by atomic mass is 10.1. The van der Waals surface area contributed by atoms with Gasteiger partial charge < -0.3 is 14.8 Å². The zero-order valence-corrected chi connectivity index (χ0v) is 18.4. The van der Waals surface area contributed by atoms with E-state index in [0.29, 0.717) is 31.0 Å². The topological polar surface area (TPSA) is 65.4 Å². The summed E-state index contributed by atoms with van der Waals surface area (Å²) in [5.74, 6) is 0.448. The minimum atomic E-state index is -0.379. The predicted octanol–water partition coefficient (Wildman–Crippen LogP) is 4.65. The third-order valence-electron chi connectivity index (χ3n) is 5.55. The monoisotopic (exact) mass is 437 g/mol. The van der Waals surface area contributed by atoms with E-state index < -0.39 is 0 Å². The van der Waals surface area contributed by atoms with Gasteiger partial charge >= 0.3 is 0 Å². The second-order valence-corrected chi connectivity index (χ2v) is 8.12. The third kappa shape index (κ3) is 5.34. The number of halogens is 1. The van der Waals surface area contributed by atoms with E-state index in [2.05, 4.69) is 10.4 Å². The zero-order valence-electron chi connectivity index (χ0n) is 18.4. The molecule has 1 fully saturated rings. The number of aromatic nitrogens is 2. The average Bonchev–Trinajstić information content (AvgIpc) is 3.39. The van der Waals surface area contributed by atoms with Gasteiger partial charge in [0.2, 0.25) is 11.8 Å². The first-order chi connectivity index (χ1) is 15.5. The number of amides is 1. The molecule has 1 amide bonds. The number of carbonyl (C=O) groups is 1. The van der Waals surface area contributed by atoms with Gasteiger partial charge in [-0.15, -0.1) is 0 Å². The van der Waals surface area contributed by atoms with E-state index in [1.807, 2.05) is 38.1 Å². The summed E-state index contributed by atoms with van der Waals surface area (Å²) in [6.45, 7) is 5.20. The van der Waals surface area contributed by atoms with E-state index in [0.717, 1.165) is 42.0 Å². The standard InChI is InChI=1S/C25H28FN3O3/c1-17-6-3-8-20(14-17)29-25(32-21-9-4-7-19(26)15-21)23(18(2)28-29)11-12-24(30)27-16-22-10-5-13-31-22/h3-4,6-9,14-15,22H,5,10-13,16H2,1-2H3,(H,27,30). The van der Waals surface area contributed by atoms with Gasteiger partial charge in [0.1, 0.15) is 11.6 Å². The molecule has 7 heteroatoms. The Hall–Kier alpha value is -3.19. The predicted molar refractivity (Wildman–Crippen MR) is 120 cm³/mol. The van der Waals surface area contributed by atoms with Gasteiger partial charge in [0.05, 0.1) is 17.5 Å². The van der Waals surface area contributed by atoms with E-state index >= 15 is 0 Å². The summed E-state index contributed by atoms with van der Waals surface area (Å²) in [6.07, 6.45) is 2.88. The van der Waals surface area contributed by atoms with Crippen molar-refractivity contribution in [1.29, 1.82) is 0 Å². The quantitative estimate of drug-likeness (QED) is 0.557. The molecule has 3 aromatic rings. The molecule has 32 heavy (non-hydrogen) atoms. The second-order valence-electron chi connectivity index (χ2n) is 8.12. The second kappa shape index (κ2) is 9.96. The summed E-state index contributed by atoms with van der Waals surface area (Å²) >= 11 is 0. The van der Waals surface area contributed by atoms with Crippen molar-refractivity contribution in [3.05, 3.63) is 71.2 Å². The maximum Gasteiger partial charge on any atom is 0.226 e. The normalized spacial score (nSPS) is 15.7. The number of rotatable bonds is 8. The van der Waals surface area contributed by atoms with Crippen molar-refractivity contribution in [2.45, 2.75) is 45.6 Å². The van der Waals surface area contributed by atoms with Crippen LogP contribution in [-0.4, -0.2) is 34.9 Å². The Kier molecular flexibility index (Phi) is 6.85. The van der Waals surface area contributed by atoms with Crippen LogP contribution < -0.4 is 10.1 Å². The Bertz CT molecular complexity index is 1090. The van der Waals surface area contributed by atoms with Gasteiger partial charge in [-0.25, -0.2) is 9.07 Å². The Morgan fingerprint density at radius 3 is 2.84 bits per heavy atom. The van der Waals surface area contributed by atoms with Crippen molar-refractivity contribution in [1.82, 2.24) is 15.1 Å². The van der Waals surface area contributed by atoms with Crippen LogP contribution in [0, 0.1) is 19.7 Å². The van der Waals surface area contributed by atoms with Gasteiger partial charge in [-0.1, -0.05) is 18.2 Å². The largest absolute Gasteiger partial charge is 0.439 e. The molecule has 168 valence electrons. The van der Waals surface area contributed by atoms with Crippen molar-refractivity contribution >= 4 is 5.91 Å². The van der Waals surface area contributed by atoms with Gasteiger partial charge in [-0.05, 0) is 62.9 Å². The van der Waals surface area contributed by atoms with Crippen LogP contribution in [0.3, 0.4) is 0 Å². The summed E-state index contributed by atoms with van der Waals surface area (Å²) in [4.78, 5) is 12.4. The molecule has 1 atom stereocenters. The molecular formula is C25H28FN3O3. The van der Waals surface area contributed by atoms with Crippen LogP contribution in [0.5, 0.6) is 11.6 Å². The highest BCUT2D eigenvalue weighted by Crippen LogP contribution is 2.32. The van der Waals surface area contributed by atoms with E-state index in [1.54, 1.807) is 16.8 Å². The number of aryl methyl sites for hydroxylation is 2. The number of carbonyl (C=O) groups excluding carboxylic acids is 1. The maximum atomic E-state index is 13.8. The van der Waals surface area contributed by atoms with Crippen molar-refractivity contribution in [3.63, 3.8) is 0 Å². The number of benzene rings is 2. The first-order valence-electron chi connectivity index (χ1n) is 11.0. The molecule has 1 saturated heterocycles. The summed E-state index contributed by atoms with van der Waals surface area (Å²) in [5, 5.41) is 7.63. The SMILES string of the molecule is Cc1cccc(-n2nc(C)c(CCC(=O)NCC3CCCO3)c2Oc2cccc(F)c2)c1. The summed E-state index contributed by atoms with van der Waals surface area (Å²) < 4.78 is 27.2. The smallest absolute Gasteiger partial charge is 0.226 e. The first-order valence-corrected chi connectivity index (χ1v) is 11.0. The molecule has 0 aliphatic carbocycles. The Morgan fingerprint density at radius 1 is 1.25 bits per heavy atom. The molecule has 1 aliphatic rings. The summed E-state index contributed by atoms with van der Waals surface area (Å²) in [6, 6.07) is 13.9. The van der Waals surface area contributed by atoms with E-state index in [-0.39, 0.29) is 17.8 Å². The molecular weight excluding hydrogens is 409 g/mol. The molecule has 1 unspecified atom stereocenters. The summed E-state index contributed by atoms with van der Waals surface area (Å²) in [5.41, 5.74) is 3.52. The molecule has 0 bridgehead atoms. The van der Waals surface area contributed by atoms with E-state index in [1.165, 1.54) is 12.1 Å². The van der Waals surface area contributed by atoms with Gasteiger partial charge in [0.15, 0.2) is 0 Å². The van der Waals surface area contributed by atoms with Crippen LogP contribution in [0.15, 0.2) is 48.5 Å². The van der Waals surface area contributed by atoms with Crippen LogP contribution in [-0.2, 0) is 16.0 Å². The molecule has 0 spiro atoms. The Balaban J connectivity index is 1.56. The van der Waals surface area contributed by atoms with Crippen molar-refractivity contribution in [2.24, 2.45) is 0 Å². The minimum absolute atomic E-state index is 0.0417. The molecule has 2 aromatic carbocycles. The van der Waals surface area contributed by atoms with Gasteiger partial charge in [-0.2, -0.15) is 5.10 Å². The first kappa shape index (κ1) is 22.0. The molecule has 2 heterocycles. The highest BCUT2D eigenvalue weighted by molar-refractivity contribution is 5.76. The van der Waals surface area contributed by atoms with Crippen LogP contribution in [0.2, 0.25) is 0 Å². The van der Waals surface area contributed by atoms with Crippen molar-refractivity contribution in [3.8, 4) is 17.3 Å². The van der Waals surface area contributed by atoms with Gasteiger partial charge in [-0.3, -0.25) is 4.79 Å². The maximum absolute atomic E-state index is 13.8.